The maximum atomic E-state index is 12.5. The average molecular weight is 450 g/mol. The Bertz CT molecular complexity index is 1180. The van der Waals surface area contributed by atoms with Gasteiger partial charge in [0.2, 0.25) is 0 Å². The summed E-state index contributed by atoms with van der Waals surface area (Å²) in [5.41, 5.74) is 4.29. The van der Waals surface area contributed by atoms with Crippen LogP contribution in [0, 0.1) is 0 Å². The second kappa shape index (κ2) is 9.13. The summed E-state index contributed by atoms with van der Waals surface area (Å²) < 4.78 is 6.73. The SMILES string of the molecule is Cn1nc(C(=O)N[C@@H](CO)C(=O)O)cc1NC(=O)OCC1c2ccccc2-c2ccccc21. The molecule has 2 amide bonds. The molecule has 0 bridgehead atoms. The number of nitrogens with one attached hydrogen (secondary N) is 2. The number of aryl methyl sites for hydroxylation is 1. The van der Waals surface area contributed by atoms with Crippen LogP contribution in [0.2, 0.25) is 0 Å². The van der Waals surface area contributed by atoms with Crippen LogP contribution >= 0.6 is 0 Å². The van der Waals surface area contributed by atoms with Crippen LogP contribution in [-0.4, -0.2) is 57.2 Å². The van der Waals surface area contributed by atoms with Gasteiger partial charge in [-0.3, -0.25) is 14.8 Å². The molecule has 1 aromatic heterocycles. The highest BCUT2D eigenvalue weighted by Crippen LogP contribution is 2.44. The fraction of sp³-hybridized carbons (Fsp3) is 0.217. The number of ether oxygens (including phenoxy) is 1. The number of hydrogen-bond donors (Lipinski definition) is 4. The van der Waals surface area contributed by atoms with E-state index in [1.54, 1.807) is 0 Å². The zero-order valence-electron chi connectivity index (χ0n) is 17.7. The van der Waals surface area contributed by atoms with Crippen LogP contribution in [0.1, 0.15) is 27.5 Å². The minimum atomic E-state index is -1.46. The van der Waals surface area contributed by atoms with Crippen molar-refractivity contribution in [2.75, 3.05) is 18.5 Å². The van der Waals surface area contributed by atoms with Gasteiger partial charge in [-0.2, -0.15) is 5.10 Å². The van der Waals surface area contributed by atoms with Crippen molar-refractivity contribution >= 4 is 23.8 Å². The number of aliphatic hydroxyl groups is 1. The number of nitrogens with zero attached hydrogens (tertiary/aromatic N) is 2. The number of fused-ring (bicyclic) bond motifs is 3. The molecule has 0 unspecified atom stereocenters. The van der Waals surface area contributed by atoms with Crippen LogP contribution in [0.25, 0.3) is 11.1 Å². The molecular formula is C23H22N4O6. The molecule has 1 heterocycles. The smallest absolute Gasteiger partial charge is 0.412 e. The second-order valence-corrected chi connectivity index (χ2v) is 7.54. The fourth-order valence-electron chi connectivity index (χ4n) is 3.85. The van der Waals surface area contributed by atoms with Gasteiger partial charge < -0.3 is 20.3 Å². The molecule has 2 aromatic carbocycles. The van der Waals surface area contributed by atoms with Gasteiger partial charge in [-0.1, -0.05) is 48.5 Å². The molecule has 4 rings (SSSR count). The van der Waals surface area contributed by atoms with Gasteiger partial charge in [-0.15, -0.1) is 0 Å². The summed E-state index contributed by atoms with van der Waals surface area (Å²) in [6, 6.07) is 15.8. The third-order valence-electron chi connectivity index (χ3n) is 5.47. The molecule has 1 atom stereocenters. The van der Waals surface area contributed by atoms with E-state index in [4.69, 9.17) is 14.9 Å². The zero-order valence-corrected chi connectivity index (χ0v) is 17.7. The minimum absolute atomic E-state index is 0.0949. The summed E-state index contributed by atoms with van der Waals surface area (Å²) in [4.78, 5) is 35.6. The summed E-state index contributed by atoms with van der Waals surface area (Å²) in [6.45, 7) is -0.638. The lowest BCUT2D eigenvalue weighted by atomic mass is 9.98. The van der Waals surface area contributed by atoms with Crippen LogP contribution < -0.4 is 10.6 Å². The Balaban J connectivity index is 1.41. The average Bonchev–Trinajstić information content (AvgIpc) is 3.33. The normalized spacial score (nSPS) is 13.0. The van der Waals surface area contributed by atoms with Gasteiger partial charge in [0.1, 0.15) is 12.4 Å². The first-order chi connectivity index (χ1) is 15.9. The molecule has 1 aliphatic carbocycles. The molecule has 33 heavy (non-hydrogen) atoms. The van der Waals surface area contributed by atoms with E-state index in [0.29, 0.717) is 0 Å². The van der Waals surface area contributed by atoms with Gasteiger partial charge in [0.25, 0.3) is 5.91 Å². The van der Waals surface area contributed by atoms with Crippen molar-refractivity contribution < 1.29 is 29.3 Å². The van der Waals surface area contributed by atoms with E-state index in [1.807, 2.05) is 48.5 Å². The number of hydrogen-bond acceptors (Lipinski definition) is 6. The van der Waals surface area contributed by atoms with E-state index >= 15 is 0 Å². The Kier molecular flexibility index (Phi) is 6.09. The Labute approximate surface area is 188 Å². The van der Waals surface area contributed by atoms with Crippen molar-refractivity contribution in [3.63, 3.8) is 0 Å². The van der Waals surface area contributed by atoms with Gasteiger partial charge >= 0.3 is 12.1 Å². The maximum Gasteiger partial charge on any atom is 0.412 e. The van der Waals surface area contributed by atoms with Crippen LogP contribution in [-0.2, 0) is 16.6 Å². The molecule has 0 fully saturated rings. The number of amides is 2. The van der Waals surface area contributed by atoms with E-state index in [1.165, 1.54) is 17.8 Å². The lowest BCUT2D eigenvalue weighted by Gasteiger charge is -2.14. The molecule has 170 valence electrons. The topological polar surface area (TPSA) is 143 Å². The Morgan fingerprint density at radius 2 is 1.70 bits per heavy atom. The maximum absolute atomic E-state index is 12.5. The van der Waals surface area contributed by atoms with E-state index in [9.17, 15) is 14.4 Å². The van der Waals surface area contributed by atoms with E-state index in [0.717, 1.165) is 22.3 Å². The number of carbonyl (C=O) groups excluding carboxylic acids is 2. The molecule has 4 N–H and O–H groups in total. The lowest BCUT2D eigenvalue weighted by Crippen LogP contribution is -2.43. The Morgan fingerprint density at radius 3 is 2.27 bits per heavy atom. The zero-order chi connectivity index (χ0) is 23.5. The highest BCUT2D eigenvalue weighted by atomic mass is 16.5. The molecular weight excluding hydrogens is 428 g/mol. The monoisotopic (exact) mass is 450 g/mol. The van der Waals surface area contributed by atoms with E-state index in [2.05, 4.69) is 15.7 Å². The molecule has 0 radical (unpaired) electrons. The van der Waals surface area contributed by atoms with Crippen molar-refractivity contribution in [1.29, 1.82) is 0 Å². The lowest BCUT2D eigenvalue weighted by molar-refractivity contribution is -0.140. The third kappa shape index (κ3) is 4.41. The van der Waals surface area contributed by atoms with Crippen LogP contribution in [0.4, 0.5) is 10.6 Å². The number of anilines is 1. The Morgan fingerprint density at radius 1 is 1.09 bits per heavy atom. The number of carboxylic acids is 1. The number of aliphatic carboxylic acids is 1. The van der Waals surface area contributed by atoms with Gasteiger partial charge in [-0.25, -0.2) is 9.59 Å². The van der Waals surface area contributed by atoms with Crippen molar-refractivity contribution in [1.82, 2.24) is 15.1 Å². The number of aromatic nitrogens is 2. The molecule has 0 aliphatic heterocycles. The first-order valence-electron chi connectivity index (χ1n) is 10.2. The minimum Gasteiger partial charge on any atom is -0.480 e. The summed E-state index contributed by atoms with van der Waals surface area (Å²) in [6.07, 6.45) is -0.717. The number of carboxylic acid groups (broad SMARTS) is 1. The van der Waals surface area contributed by atoms with Crippen LogP contribution in [0.5, 0.6) is 0 Å². The summed E-state index contributed by atoms with van der Waals surface area (Å²) in [5.74, 6) is -2.08. The van der Waals surface area contributed by atoms with Gasteiger partial charge in [-0.05, 0) is 22.3 Å². The fourth-order valence-corrected chi connectivity index (χ4v) is 3.85. The third-order valence-corrected chi connectivity index (χ3v) is 5.47. The van der Waals surface area contributed by atoms with E-state index in [-0.39, 0.29) is 24.0 Å². The van der Waals surface area contributed by atoms with Gasteiger partial charge in [0, 0.05) is 19.0 Å². The predicted octanol–water partition coefficient (Wildman–Crippen LogP) is 1.96. The number of benzene rings is 2. The van der Waals surface area contributed by atoms with Gasteiger partial charge in [0.15, 0.2) is 11.7 Å². The van der Waals surface area contributed by atoms with E-state index < -0.39 is 30.6 Å². The van der Waals surface area contributed by atoms with Crippen LogP contribution in [0.15, 0.2) is 54.6 Å². The predicted molar refractivity (Wildman–Crippen MR) is 118 cm³/mol. The van der Waals surface area contributed by atoms with Gasteiger partial charge in [0.05, 0.1) is 6.61 Å². The van der Waals surface area contributed by atoms with Crippen molar-refractivity contribution in [2.24, 2.45) is 7.05 Å². The summed E-state index contributed by atoms with van der Waals surface area (Å²) in [5, 5.41) is 26.7. The standard InChI is InChI=1S/C23H22N4O6/c1-27-20(10-18(26-27)21(29)24-19(11-28)22(30)31)25-23(32)33-12-17-15-8-4-2-6-13(15)14-7-3-5-9-16(14)17/h2-10,17,19,28H,11-12H2,1H3,(H,24,29)(H,25,32)(H,30,31)/t19-/m0/s1. The number of aliphatic hydroxyl groups excluding tert-OH is 1. The summed E-state index contributed by atoms with van der Waals surface area (Å²) >= 11 is 0. The number of carbonyl (C=O) groups is 3. The molecule has 1 aliphatic rings. The molecule has 0 spiro atoms. The molecule has 3 aromatic rings. The molecule has 10 nitrogen and oxygen atoms in total. The quantitative estimate of drug-likeness (QED) is 0.431. The second-order valence-electron chi connectivity index (χ2n) is 7.54. The molecule has 10 heteroatoms. The van der Waals surface area contributed by atoms with Crippen molar-refractivity contribution in [2.45, 2.75) is 12.0 Å². The first-order valence-corrected chi connectivity index (χ1v) is 10.2. The number of rotatable bonds is 7. The highest BCUT2D eigenvalue weighted by molar-refractivity contribution is 5.96. The molecule has 0 saturated carbocycles. The largest absolute Gasteiger partial charge is 0.480 e. The highest BCUT2D eigenvalue weighted by Gasteiger charge is 2.29. The first kappa shape index (κ1) is 22.0. The van der Waals surface area contributed by atoms with Crippen molar-refractivity contribution in [3.8, 4) is 11.1 Å². The summed E-state index contributed by atoms with van der Waals surface area (Å²) in [7, 11) is 1.51. The molecule has 0 saturated heterocycles. The Hall–Kier alpha value is -4.18. The van der Waals surface area contributed by atoms with Crippen molar-refractivity contribution in [3.05, 3.63) is 71.4 Å². The van der Waals surface area contributed by atoms with Crippen LogP contribution in [0.3, 0.4) is 0 Å².